The normalized spacial score (nSPS) is 11.1. The van der Waals surface area contributed by atoms with Crippen LogP contribution in [-0.4, -0.2) is 28.2 Å². The van der Waals surface area contributed by atoms with Gasteiger partial charge in [-0.15, -0.1) is 0 Å². The first-order valence-electron chi connectivity index (χ1n) is 6.08. The largest absolute Gasteiger partial charge is 0.480 e. The molecular weight excluding hydrogens is 262 g/mol. The summed E-state index contributed by atoms with van der Waals surface area (Å²) in [5, 5.41) is 11.8. The van der Waals surface area contributed by atoms with Crippen LogP contribution in [0.25, 0.3) is 0 Å². The van der Waals surface area contributed by atoms with E-state index in [0.29, 0.717) is 24.6 Å². The van der Waals surface area contributed by atoms with Gasteiger partial charge in [-0.1, -0.05) is 42.5 Å². The zero-order chi connectivity index (χ0) is 14.3. The molecule has 0 aliphatic carbocycles. The Balaban J connectivity index is 2.23. The third-order valence-corrected chi connectivity index (χ3v) is 2.88. The fraction of sp³-hybridized carbons (Fsp3) is 0.429. The average molecular weight is 281 g/mol. The first-order valence-corrected chi connectivity index (χ1v) is 6.49. The summed E-state index contributed by atoms with van der Waals surface area (Å²) in [7, 11) is 0. The first kappa shape index (κ1) is 15.6. The van der Waals surface area contributed by atoms with Crippen LogP contribution in [0.1, 0.15) is 25.8 Å². The van der Waals surface area contributed by atoms with Crippen LogP contribution in [0.4, 0.5) is 0 Å². The quantitative estimate of drug-likeness (QED) is 0.593. The van der Waals surface area contributed by atoms with Gasteiger partial charge in [-0.05, 0) is 19.4 Å². The van der Waals surface area contributed by atoms with Crippen LogP contribution in [-0.2, 0) is 16.1 Å². The Morgan fingerprint density at radius 3 is 2.58 bits per heavy atom. The second-order valence-electron chi connectivity index (χ2n) is 4.77. The molecule has 0 saturated heterocycles. The zero-order valence-corrected chi connectivity index (χ0v) is 12.0. The number of ether oxygens (including phenoxy) is 1. The highest BCUT2D eigenvalue weighted by Crippen LogP contribution is 2.04. The second kappa shape index (κ2) is 7.21. The van der Waals surface area contributed by atoms with Gasteiger partial charge in [0.15, 0.2) is 0 Å². The number of carbonyl (C=O) groups is 1. The van der Waals surface area contributed by atoms with Crippen molar-refractivity contribution in [2.45, 2.75) is 32.4 Å². The summed E-state index contributed by atoms with van der Waals surface area (Å²) in [6, 6.07) is 9.85. The summed E-state index contributed by atoms with van der Waals surface area (Å²) in [5.41, 5.74) is 0.0588. The molecule has 0 heterocycles. The Morgan fingerprint density at radius 2 is 2.00 bits per heavy atom. The predicted octanol–water partition coefficient (Wildman–Crippen LogP) is 2.37. The molecule has 1 rings (SSSR count). The lowest BCUT2D eigenvalue weighted by molar-refractivity contribution is -0.142. The highest BCUT2D eigenvalue weighted by Gasteiger charge is 2.27. The smallest absolute Gasteiger partial charge is 0.328 e. The number of hydrogen-bond acceptors (Lipinski definition) is 3. The van der Waals surface area contributed by atoms with E-state index in [2.05, 4.69) is 5.32 Å². The molecule has 5 heteroatoms. The molecule has 0 bridgehead atoms. The number of carboxylic acids is 1. The van der Waals surface area contributed by atoms with Crippen LogP contribution >= 0.6 is 12.2 Å². The van der Waals surface area contributed by atoms with Gasteiger partial charge in [-0.2, -0.15) is 0 Å². The molecule has 104 valence electrons. The van der Waals surface area contributed by atoms with E-state index in [1.807, 2.05) is 30.3 Å². The standard InChI is InChI=1S/C14H19NO3S/c1-14(2,13(16)17)15-12(19)8-9-18-10-11-6-4-3-5-7-11/h3-7H,8-10H2,1-2H3,(H,15,19)(H,16,17). The number of benzene rings is 1. The third kappa shape index (κ3) is 5.81. The Bertz CT molecular complexity index is 432. The van der Waals surface area contributed by atoms with E-state index >= 15 is 0 Å². The molecule has 0 aliphatic rings. The van der Waals surface area contributed by atoms with E-state index in [0.717, 1.165) is 5.56 Å². The molecule has 0 fully saturated rings. The van der Waals surface area contributed by atoms with Crippen LogP contribution in [0.15, 0.2) is 30.3 Å². The molecule has 0 unspecified atom stereocenters. The average Bonchev–Trinajstić information content (AvgIpc) is 2.35. The number of rotatable bonds is 7. The van der Waals surface area contributed by atoms with Crippen molar-refractivity contribution in [1.29, 1.82) is 0 Å². The van der Waals surface area contributed by atoms with Crippen molar-refractivity contribution in [3.05, 3.63) is 35.9 Å². The lowest BCUT2D eigenvalue weighted by Crippen LogP contribution is -2.49. The Labute approximate surface area is 118 Å². The molecular formula is C14H19NO3S. The Hall–Kier alpha value is -1.46. The molecule has 0 amide bonds. The van der Waals surface area contributed by atoms with Gasteiger partial charge in [0, 0.05) is 6.42 Å². The summed E-state index contributed by atoms with van der Waals surface area (Å²) in [6.07, 6.45) is 0.513. The van der Waals surface area contributed by atoms with Crippen molar-refractivity contribution < 1.29 is 14.6 Å². The summed E-state index contributed by atoms with van der Waals surface area (Å²) >= 11 is 5.10. The van der Waals surface area contributed by atoms with Crippen LogP contribution in [0.3, 0.4) is 0 Å². The van der Waals surface area contributed by atoms with Crippen molar-refractivity contribution in [1.82, 2.24) is 5.32 Å². The second-order valence-corrected chi connectivity index (χ2v) is 5.26. The van der Waals surface area contributed by atoms with Gasteiger partial charge in [0.05, 0.1) is 18.2 Å². The minimum absolute atomic E-state index is 0.469. The van der Waals surface area contributed by atoms with Crippen LogP contribution < -0.4 is 5.32 Å². The Morgan fingerprint density at radius 1 is 1.37 bits per heavy atom. The molecule has 1 aromatic carbocycles. The summed E-state index contributed by atoms with van der Waals surface area (Å²) < 4.78 is 5.49. The van der Waals surface area contributed by atoms with Crippen LogP contribution in [0, 0.1) is 0 Å². The van der Waals surface area contributed by atoms with Crippen molar-refractivity contribution in [2.24, 2.45) is 0 Å². The monoisotopic (exact) mass is 281 g/mol. The molecule has 0 spiro atoms. The molecule has 0 aliphatic heterocycles. The molecule has 1 aromatic rings. The van der Waals surface area contributed by atoms with Crippen LogP contribution in [0.5, 0.6) is 0 Å². The molecule has 0 aromatic heterocycles. The Kier molecular flexibility index (Phi) is 5.92. The molecule has 0 atom stereocenters. The summed E-state index contributed by atoms with van der Waals surface area (Å²) in [5.74, 6) is -0.931. The topological polar surface area (TPSA) is 58.6 Å². The SMILES string of the molecule is CC(C)(NC(=S)CCOCc1ccccc1)C(=O)O. The summed E-state index contributed by atoms with van der Waals surface area (Å²) in [6.45, 7) is 4.15. The fourth-order valence-electron chi connectivity index (χ4n) is 1.39. The van der Waals surface area contributed by atoms with E-state index in [-0.39, 0.29) is 0 Å². The fourth-order valence-corrected chi connectivity index (χ4v) is 1.73. The maximum atomic E-state index is 10.9. The third-order valence-electron chi connectivity index (χ3n) is 2.57. The van der Waals surface area contributed by atoms with Crippen molar-refractivity contribution in [3.8, 4) is 0 Å². The predicted molar refractivity (Wildman–Crippen MR) is 78.2 cm³/mol. The molecule has 19 heavy (non-hydrogen) atoms. The van der Waals surface area contributed by atoms with E-state index in [1.165, 1.54) is 0 Å². The number of aliphatic carboxylic acids is 1. The number of nitrogens with one attached hydrogen (secondary N) is 1. The maximum absolute atomic E-state index is 10.9. The molecule has 0 radical (unpaired) electrons. The van der Waals surface area contributed by atoms with Gasteiger partial charge in [0.25, 0.3) is 0 Å². The van der Waals surface area contributed by atoms with Crippen molar-refractivity contribution in [3.63, 3.8) is 0 Å². The van der Waals surface area contributed by atoms with E-state index < -0.39 is 11.5 Å². The van der Waals surface area contributed by atoms with Gasteiger partial charge in [-0.3, -0.25) is 0 Å². The molecule has 0 saturated carbocycles. The van der Waals surface area contributed by atoms with E-state index in [1.54, 1.807) is 13.8 Å². The number of carboxylic acid groups (broad SMARTS) is 1. The van der Waals surface area contributed by atoms with E-state index in [9.17, 15) is 4.79 Å². The lowest BCUT2D eigenvalue weighted by atomic mass is 10.1. The molecule has 4 nitrogen and oxygen atoms in total. The number of hydrogen-bond donors (Lipinski definition) is 2. The van der Waals surface area contributed by atoms with Gasteiger partial charge in [0.1, 0.15) is 5.54 Å². The van der Waals surface area contributed by atoms with Crippen LogP contribution in [0.2, 0.25) is 0 Å². The van der Waals surface area contributed by atoms with Gasteiger partial charge < -0.3 is 15.2 Å². The van der Waals surface area contributed by atoms with Gasteiger partial charge in [-0.25, -0.2) is 4.79 Å². The van der Waals surface area contributed by atoms with E-state index in [4.69, 9.17) is 22.1 Å². The van der Waals surface area contributed by atoms with Gasteiger partial charge in [0.2, 0.25) is 0 Å². The summed E-state index contributed by atoms with van der Waals surface area (Å²) in [4.78, 5) is 11.4. The highest BCUT2D eigenvalue weighted by molar-refractivity contribution is 7.80. The molecule has 2 N–H and O–H groups in total. The first-order chi connectivity index (χ1) is 8.92. The minimum Gasteiger partial charge on any atom is -0.480 e. The zero-order valence-electron chi connectivity index (χ0n) is 11.2. The number of thiocarbonyl (C=S) groups is 1. The lowest BCUT2D eigenvalue weighted by Gasteiger charge is -2.22. The van der Waals surface area contributed by atoms with Crippen molar-refractivity contribution >= 4 is 23.2 Å². The maximum Gasteiger partial charge on any atom is 0.328 e. The minimum atomic E-state index is -1.05. The van der Waals surface area contributed by atoms with Crippen molar-refractivity contribution in [2.75, 3.05) is 6.61 Å². The highest BCUT2D eigenvalue weighted by atomic mass is 32.1. The van der Waals surface area contributed by atoms with Gasteiger partial charge >= 0.3 is 5.97 Å².